The fourth-order valence-electron chi connectivity index (χ4n) is 3.99. The van der Waals surface area contributed by atoms with E-state index in [0.29, 0.717) is 40.2 Å². The average Bonchev–Trinajstić information content (AvgIpc) is 3.39. The summed E-state index contributed by atoms with van der Waals surface area (Å²) in [6, 6.07) is 27.7. The Morgan fingerprint density at radius 2 is 1.57 bits per heavy atom. The molecule has 10 heteroatoms. The molecule has 200 valence electrons. The van der Waals surface area contributed by atoms with Crippen LogP contribution in [0.4, 0.5) is 11.4 Å². The Labute approximate surface area is 235 Å². The smallest absolute Gasteiger partial charge is 0.255 e. The Bertz CT molecular complexity index is 1590. The first-order chi connectivity index (χ1) is 19.6. The number of ether oxygens (including phenoxy) is 1. The number of methoxy groups -OCH3 is 1. The van der Waals surface area contributed by atoms with Crippen molar-refractivity contribution in [2.75, 3.05) is 23.5 Å². The molecular weight excluding hydrogens is 524 g/mol. The lowest BCUT2D eigenvalue weighted by atomic mass is 10.2. The van der Waals surface area contributed by atoms with Crippen molar-refractivity contribution in [1.29, 1.82) is 0 Å². The van der Waals surface area contributed by atoms with Gasteiger partial charge in [-0.05, 0) is 54.1 Å². The molecule has 3 aromatic carbocycles. The number of nitrogens with one attached hydrogen (secondary N) is 2. The van der Waals surface area contributed by atoms with Gasteiger partial charge in [0.05, 0.1) is 25.1 Å². The van der Waals surface area contributed by atoms with Crippen LogP contribution < -0.4 is 15.4 Å². The second kappa shape index (κ2) is 12.7. The lowest BCUT2D eigenvalue weighted by Gasteiger charge is -2.11. The van der Waals surface area contributed by atoms with E-state index >= 15 is 0 Å². The molecule has 2 N–H and O–H groups in total. The highest BCUT2D eigenvalue weighted by atomic mass is 32.2. The van der Waals surface area contributed by atoms with E-state index in [0.717, 1.165) is 11.1 Å². The Kier molecular flexibility index (Phi) is 8.47. The van der Waals surface area contributed by atoms with Gasteiger partial charge >= 0.3 is 0 Å². The predicted molar refractivity (Wildman–Crippen MR) is 156 cm³/mol. The number of hydrogen-bond donors (Lipinski definition) is 2. The van der Waals surface area contributed by atoms with Gasteiger partial charge in [0, 0.05) is 29.2 Å². The normalized spacial score (nSPS) is 10.6. The number of anilines is 2. The summed E-state index contributed by atoms with van der Waals surface area (Å²) in [6.07, 6.45) is 3.43. The van der Waals surface area contributed by atoms with Crippen LogP contribution in [0.25, 0.3) is 11.4 Å². The molecule has 0 fully saturated rings. The summed E-state index contributed by atoms with van der Waals surface area (Å²) < 4.78 is 7.28. The summed E-state index contributed by atoms with van der Waals surface area (Å²) in [5.41, 5.74) is 3.61. The maximum absolute atomic E-state index is 12.8. The van der Waals surface area contributed by atoms with Gasteiger partial charge in [0.2, 0.25) is 5.91 Å². The van der Waals surface area contributed by atoms with Crippen LogP contribution in [0.2, 0.25) is 0 Å². The van der Waals surface area contributed by atoms with Crippen LogP contribution >= 0.6 is 11.8 Å². The number of pyridine rings is 1. The zero-order chi connectivity index (χ0) is 27.7. The Balaban J connectivity index is 1.23. The highest BCUT2D eigenvalue weighted by Gasteiger charge is 2.17. The largest absolute Gasteiger partial charge is 0.495 e. The number of aromatic nitrogens is 4. The highest BCUT2D eigenvalue weighted by Crippen LogP contribution is 2.26. The Morgan fingerprint density at radius 3 is 2.33 bits per heavy atom. The molecule has 0 aliphatic rings. The summed E-state index contributed by atoms with van der Waals surface area (Å²) in [5, 5.41) is 15.1. The van der Waals surface area contributed by atoms with Crippen molar-refractivity contribution < 1.29 is 14.3 Å². The van der Waals surface area contributed by atoms with E-state index in [4.69, 9.17) is 4.74 Å². The van der Waals surface area contributed by atoms with Crippen molar-refractivity contribution in [3.05, 3.63) is 115 Å². The molecule has 2 heterocycles. The van der Waals surface area contributed by atoms with Crippen molar-refractivity contribution in [3.8, 4) is 17.1 Å². The second-order valence-electron chi connectivity index (χ2n) is 8.68. The highest BCUT2D eigenvalue weighted by molar-refractivity contribution is 7.99. The second-order valence-corrected chi connectivity index (χ2v) is 9.62. The zero-order valence-corrected chi connectivity index (χ0v) is 22.5. The van der Waals surface area contributed by atoms with Crippen LogP contribution in [0.1, 0.15) is 15.9 Å². The minimum atomic E-state index is -0.277. The van der Waals surface area contributed by atoms with E-state index in [1.165, 1.54) is 11.8 Å². The number of amides is 2. The molecular formula is C30H26N6O3S. The quantitative estimate of drug-likeness (QED) is 0.225. The van der Waals surface area contributed by atoms with Crippen molar-refractivity contribution in [2.24, 2.45) is 0 Å². The van der Waals surface area contributed by atoms with Crippen LogP contribution in [0, 0.1) is 0 Å². The number of nitrogens with zero attached hydrogens (tertiary/aromatic N) is 4. The third-order valence-electron chi connectivity index (χ3n) is 5.96. The summed E-state index contributed by atoms with van der Waals surface area (Å²) in [5.74, 6) is 0.941. The molecule has 0 bridgehead atoms. The van der Waals surface area contributed by atoms with Gasteiger partial charge in [-0.1, -0.05) is 54.2 Å². The van der Waals surface area contributed by atoms with Crippen molar-refractivity contribution in [1.82, 2.24) is 19.7 Å². The van der Waals surface area contributed by atoms with Crippen molar-refractivity contribution in [3.63, 3.8) is 0 Å². The fourth-order valence-corrected chi connectivity index (χ4v) is 4.73. The molecule has 0 saturated heterocycles. The predicted octanol–water partition coefficient (Wildman–Crippen LogP) is 5.38. The molecule has 0 aliphatic heterocycles. The number of para-hydroxylation sites is 2. The minimum absolute atomic E-state index is 0.138. The minimum Gasteiger partial charge on any atom is -0.495 e. The lowest BCUT2D eigenvalue weighted by Crippen LogP contribution is -2.16. The van der Waals surface area contributed by atoms with E-state index in [-0.39, 0.29) is 17.6 Å². The van der Waals surface area contributed by atoms with Gasteiger partial charge in [-0.2, -0.15) is 0 Å². The van der Waals surface area contributed by atoms with Crippen LogP contribution in [0.15, 0.2) is 109 Å². The summed E-state index contributed by atoms with van der Waals surface area (Å²) >= 11 is 1.31. The topological polar surface area (TPSA) is 111 Å². The number of benzene rings is 3. The third-order valence-corrected chi connectivity index (χ3v) is 6.92. The summed E-state index contributed by atoms with van der Waals surface area (Å²) in [7, 11) is 1.55. The van der Waals surface area contributed by atoms with Gasteiger partial charge in [0.25, 0.3) is 5.91 Å². The van der Waals surface area contributed by atoms with Gasteiger partial charge in [0.15, 0.2) is 11.0 Å². The van der Waals surface area contributed by atoms with E-state index in [2.05, 4.69) is 25.8 Å². The van der Waals surface area contributed by atoms with Crippen LogP contribution in [-0.2, 0) is 11.3 Å². The number of carbonyl (C=O) groups excluding carboxylic acids is 2. The van der Waals surface area contributed by atoms with Gasteiger partial charge < -0.3 is 15.4 Å². The van der Waals surface area contributed by atoms with E-state index in [1.54, 1.807) is 55.9 Å². The fraction of sp³-hybridized carbons (Fsp3) is 0.100. The van der Waals surface area contributed by atoms with Gasteiger partial charge in [0.1, 0.15) is 5.75 Å². The molecule has 0 radical (unpaired) electrons. The van der Waals surface area contributed by atoms with Gasteiger partial charge in [-0.15, -0.1) is 10.2 Å². The van der Waals surface area contributed by atoms with Crippen LogP contribution in [-0.4, -0.2) is 44.4 Å². The van der Waals surface area contributed by atoms with Crippen LogP contribution in [0.5, 0.6) is 5.75 Å². The first-order valence-corrected chi connectivity index (χ1v) is 13.4. The molecule has 40 heavy (non-hydrogen) atoms. The molecule has 0 spiro atoms. The molecule has 0 aliphatic carbocycles. The number of carbonyl (C=O) groups is 2. The number of thioether (sulfide) groups is 1. The number of hydrogen-bond acceptors (Lipinski definition) is 7. The van der Waals surface area contributed by atoms with Crippen molar-refractivity contribution in [2.45, 2.75) is 11.7 Å². The lowest BCUT2D eigenvalue weighted by molar-refractivity contribution is -0.113. The van der Waals surface area contributed by atoms with E-state index < -0.39 is 0 Å². The third kappa shape index (κ3) is 6.54. The SMILES string of the molecule is COc1ccccc1NC(=O)c1ccc(NC(=O)CSc2nnc(-c3ccncc3)n2Cc2ccccc2)cc1. The molecule has 9 nitrogen and oxygen atoms in total. The van der Waals surface area contributed by atoms with Gasteiger partial charge in [-0.3, -0.25) is 19.1 Å². The molecule has 0 saturated carbocycles. The zero-order valence-electron chi connectivity index (χ0n) is 21.7. The van der Waals surface area contributed by atoms with Crippen molar-refractivity contribution >= 4 is 35.0 Å². The summed E-state index contributed by atoms with van der Waals surface area (Å²) in [4.78, 5) is 29.5. The molecule has 5 aromatic rings. The van der Waals surface area contributed by atoms with Gasteiger partial charge in [-0.25, -0.2) is 0 Å². The molecule has 5 rings (SSSR count). The molecule has 0 unspecified atom stereocenters. The Hall–Kier alpha value is -4.96. The maximum atomic E-state index is 12.8. The first-order valence-electron chi connectivity index (χ1n) is 12.5. The monoisotopic (exact) mass is 550 g/mol. The molecule has 2 amide bonds. The first kappa shape index (κ1) is 26.6. The maximum Gasteiger partial charge on any atom is 0.255 e. The number of rotatable bonds is 10. The molecule has 0 atom stereocenters. The van der Waals surface area contributed by atoms with Crippen LogP contribution in [0.3, 0.4) is 0 Å². The van der Waals surface area contributed by atoms with E-state index in [1.807, 2.05) is 59.2 Å². The standard InChI is InChI=1S/C30H26N6O3S/c1-39-26-10-6-5-9-25(26)33-29(38)23-11-13-24(14-12-23)32-27(37)20-40-30-35-34-28(22-15-17-31-18-16-22)36(30)19-21-7-3-2-4-8-21/h2-18H,19-20H2,1H3,(H,32,37)(H,33,38). The Morgan fingerprint density at radius 1 is 0.850 bits per heavy atom. The average molecular weight is 551 g/mol. The molecule has 2 aromatic heterocycles. The van der Waals surface area contributed by atoms with E-state index in [9.17, 15) is 9.59 Å². The summed E-state index contributed by atoms with van der Waals surface area (Å²) in [6.45, 7) is 0.563.